The Hall–Kier alpha value is -5.71. The second-order valence-corrected chi connectivity index (χ2v) is 17.5. The van der Waals surface area contributed by atoms with E-state index in [1.807, 2.05) is 69.6 Å². The van der Waals surface area contributed by atoms with Crippen LogP contribution in [0.5, 0.6) is 11.5 Å². The summed E-state index contributed by atoms with van der Waals surface area (Å²) in [5.74, 6) is 2.77. The third kappa shape index (κ3) is 11.5. The number of carbonyl (C=O) groups excluding carboxylic acids is 1. The van der Waals surface area contributed by atoms with Gasteiger partial charge in [-0.3, -0.25) is 9.97 Å². The topological polar surface area (TPSA) is 189 Å². The van der Waals surface area contributed by atoms with Gasteiger partial charge in [0.05, 0.1) is 19.8 Å². The summed E-state index contributed by atoms with van der Waals surface area (Å²) >= 11 is 3.39. The normalized spacial score (nSPS) is 14.9. The highest BCUT2D eigenvalue weighted by Gasteiger charge is 2.29. The molecule has 0 atom stereocenters. The Morgan fingerprint density at radius 2 is 1.17 bits per heavy atom. The number of piperidine rings is 2. The van der Waals surface area contributed by atoms with Crippen LogP contribution in [0, 0.1) is 0 Å². The lowest BCUT2D eigenvalue weighted by Crippen LogP contribution is -2.41. The number of nitrogen functional groups attached to an aromatic ring is 2. The standard InChI is InChI=1S/C24H29N5O3S.C19H21N5OS/c1-24(2,3)32-23(30)29-10-6-17(7-11-29)22-28-14-20(33-22)18-12-19(21(25)27-13-18)31-15-16-4-8-26-9-5-16;20-18-16(25-12-13-1-5-21-6-2-13)9-15(10-23-18)17-11-24-19(26-17)14-3-7-22-8-4-14/h4-5,8-9,12-14,17H,6-7,10-11,15H2,1-3H3,(H2,25,27);1-2,5-6,9-11,14,22H,3-4,7-8,12H2,(H2,20,23). The number of aromatic nitrogens is 6. The van der Waals surface area contributed by atoms with Crippen LogP contribution in [-0.4, -0.2) is 72.7 Å². The van der Waals surface area contributed by atoms with E-state index < -0.39 is 5.60 Å². The summed E-state index contributed by atoms with van der Waals surface area (Å²) in [6, 6.07) is 11.5. The van der Waals surface area contributed by atoms with Crippen LogP contribution in [0.4, 0.5) is 16.4 Å². The predicted molar refractivity (Wildman–Crippen MR) is 231 cm³/mol. The van der Waals surface area contributed by atoms with Gasteiger partial charge in [0.15, 0.2) is 23.1 Å². The number of nitrogens with one attached hydrogen (secondary N) is 1. The quantitative estimate of drug-likeness (QED) is 0.120. The van der Waals surface area contributed by atoms with Crippen LogP contribution in [0.1, 0.15) is 79.4 Å². The Labute approximate surface area is 352 Å². The van der Waals surface area contributed by atoms with Crippen molar-refractivity contribution in [1.82, 2.24) is 40.1 Å². The van der Waals surface area contributed by atoms with Crippen molar-refractivity contribution in [2.24, 2.45) is 0 Å². The number of hydrogen-bond acceptors (Lipinski definition) is 15. The first-order valence-corrected chi connectivity index (χ1v) is 21.4. The number of nitrogens with two attached hydrogens (primary N) is 2. The molecule has 0 unspecified atom stereocenters. The molecule has 308 valence electrons. The first-order chi connectivity index (χ1) is 28.6. The molecule has 6 aromatic rings. The Balaban J connectivity index is 0.000000184. The van der Waals surface area contributed by atoms with Crippen molar-refractivity contribution >= 4 is 40.4 Å². The molecule has 8 rings (SSSR count). The number of hydrogen-bond donors (Lipinski definition) is 3. The first kappa shape index (κ1) is 41.4. The molecule has 0 saturated carbocycles. The van der Waals surface area contributed by atoms with Gasteiger partial charge in [-0.05, 0) is 107 Å². The maximum atomic E-state index is 12.3. The van der Waals surface area contributed by atoms with Crippen molar-refractivity contribution in [3.8, 4) is 32.4 Å². The SMILES string of the molecule is CC(C)(C)OC(=O)N1CCC(c2ncc(-c3cnc(N)c(OCc4ccncc4)c3)s2)CC1.Nc1ncc(-c2cnc(C3CCNCC3)s2)cc1OCc1ccncc1. The Bertz CT molecular complexity index is 2270. The van der Waals surface area contributed by atoms with Crippen LogP contribution in [-0.2, 0) is 18.0 Å². The van der Waals surface area contributed by atoms with Crippen molar-refractivity contribution in [2.75, 3.05) is 37.6 Å². The van der Waals surface area contributed by atoms with E-state index >= 15 is 0 Å². The number of nitrogens with zero attached hydrogens (tertiary/aromatic N) is 7. The summed E-state index contributed by atoms with van der Waals surface area (Å²) in [6.45, 7) is 9.95. The maximum absolute atomic E-state index is 12.3. The van der Waals surface area contributed by atoms with Crippen LogP contribution in [0.3, 0.4) is 0 Å². The maximum Gasteiger partial charge on any atom is 0.410 e. The molecule has 0 bridgehead atoms. The molecule has 2 aliphatic rings. The molecule has 0 spiro atoms. The second kappa shape index (κ2) is 19.4. The van der Waals surface area contributed by atoms with Crippen LogP contribution in [0.15, 0.2) is 86.0 Å². The smallest absolute Gasteiger partial charge is 0.410 e. The lowest BCUT2D eigenvalue weighted by atomic mass is 9.98. The third-order valence-corrected chi connectivity index (χ3v) is 12.3. The number of amides is 1. The van der Waals surface area contributed by atoms with Crippen LogP contribution >= 0.6 is 22.7 Å². The summed E-state index contributed by atoms with van der Waals surface area (Å²) in [6.07, 6.45) is 18.1. The highest BCUT2D eigenvalue weighted by molar-refractivity contribution is 7.15. The molecule has 8 heterocycles. The zero-order valence-electron chi connectivity index (χ0n) is 33.5. The summed E-state index contributed by atoms with van der Waals surface area (Å²) < 4.78 is 17.3. The monoisotopic (exact) mass is 834 g/mol. The number of anilines is 2. The highest BCUT2D eigenvalue weighted by Crippen LogP contribution is 2.38. The van der Waals surface area contributed by atoms with Gasteiger partial charge in [0.25, 0.3) is 0 Å². The van der Waals surface area contributed by atoms with E-state index in [1.54, 1.807) is 64.8 Å². The zero-order chi connectivity index (χ0) is 41.2. The summed E-state index contributed by atoms with van der Waals surface area (Å²) in [7, 11) is 0. The largest absolute Gasteiger partial charge is 0.485 e. The highest BCUT2D eigenvalue weighted by atomic mass is 32.1. The summed E-state index contributed by atoms with van der Waals surface area (Å²) in [5, 5.41) is 5.68. The van der Waals surface area contributed by atoms with Crippen LogP contribution in [0.2, 0.25) is 0 Å². The van der Waals surface area contributed by atoms with Crippen LogP contribution < -0.4 is 26.3 Å². The Kier molecular flexibility index (Phi) is 13.6. The van der Waals surface area contributed by atoms with E-state index in [0.717, 1.165) is 75.8 Å². The van der Waals surface area contributed by atoms with Gasteiger partial charge in [-0.2, -0.15) is 0 Å². The second-order valence-electron chi connectivity index (χ2n) is 15.4. The van der Waals surface area contributed by atoms with Gasteiger partial charge < -0.3 is 35.9 Å². The van der Waals surface area contributed by atoms with E-state index in [-0.39, 0.29) is 6.09 Å². The van der Waals surface area contributed by atoms with Gasteiger partial charge in [-0.1, -0.05) is 0 Å². The lowest BCUT2D eigenvalue weighted by molar-refractivity contribution is 0.0204. The number of likely N-dealkylation sites (tertiary alicyclic amines) is 1. The van der Waals surface area contributed by atoms with E-state index in [0.29, 0.717) is 61.3 Å². The van der Waals surface area contributed by atoms with Gasteiger partial charge >= 0.3 is 6.09 Å². The first-order valence-electron chi connectivity index (χ1n) is 19.7. The third-order valence-electron chi connectivity index (χ3n) is 9.85. The van der Waals surface area contributed by atoms with E-state index in [1.165, 1.54) is 5.01 Å². The van der Waals surface area contributed by atoms with E-state index in [2.05, 4.69) is 35.2 Å². The van der Waals surface area contributed by atoms with E-state index in [9.17, 15) is 4.79 Å². The van der Waals surface area contributed by atoms with Gasteiger partial charge in [-0.15, -0.1) is 22.7 Å². The predicted octanol–water partition coefficient (Wildman–Crippen LogP) is 8.10. The molecule has 0 aromatic carbocycles. The van der Waals surface area contributed by atoms with Gasteiger partial charge in [0, 0.05) is 85.6 Å². The lowest BCUT2D eigenvalue weighted by Gasteiger charge is -2.32. The fourth-order valence-electron chi connectivity index (χ4n) is 6.62. The van der Waals surface area contributed by atoms with Crippen LogP contribution in [0.25, 0.3) is 20.9 Å². The molecule has 59 heavy (non-hydrogen) atoms. The summed E-state index contributed by atoms with van der Waals surface area (Å²) in [5.41, 5.74) is 15.5. The van der Waals surface area contributed by atoms with Gasteiger partial charge in [0.1, 0.15) is 18.8 Å². The molecule has 0 aliphatic carbocycles. The molecule has 16 heteroatoms. The molecule has 5 N–H and O–H groups in total. The number of ether oxygens (including phenoxy) is 3. The zero-order valence-corrected chi connectivity index (χ0v) is 35.2. The van der Waals surface area contributed by atoms with Crippen molar-refractivity contribution in [3.05, 3.63) is 107 Å². The number of rotatable bonds is 10. The van der Waals surface area contributed by atoms with Crippen molar-refractivity contribution < 1.29 is 19.0 Å². The van der Waals surface area contributed by atoms with Gasteiger partial charge in [0.2, 0.25) is 0 Å². The molecule has 2 fully saturated rings. The summed E-state index contributed by atoms with van der Waals surface area (Å²) in [4.78, 5) is 42.2. The fourth-order valence-corrected chi connectivity index (χ4v) is 8.75. The number of carbonyl (C=O) groups is 1. The molecule has 2 aliphatic heterocycles. The van der Waals surface area contributed by atoms with Crippen molar-refractivity contribution in [3.63, 3.8) is 0 Å². The fraction of sp³-hybridized carbons (Fsp3) is 0.372. The molecule has 14 nitrogen and oxygen atoms in total. The van der Waals surface area contributed by atoms with Gasteiger partial charge in [-0.25, -0.2) is 24.7 Å². The average Bonchev–Trinajstić information content (AvgIpc) is 3.96. The average molecular weight is 835 g/mol. The Morgan fingerprint density at radius 3 is 1.63 bits per heavy atom. The molecule has 0 radical (unpaired) electrons. The van der Waals surface area contributed by atoms with Crippen molar-refractivity contribution in [2.45, 2.75) is 77.1 Å². The number of thiazole rings is 2. The minimum Gasteiger partial charge on any atom is -0.485 e. The minimum absolute atomic E-state index is 0.243. The molecular weight excluding hydrogens is 785 g/mol. The van der Waals surface area contributed by atoms with E-state index in [4.69, 9.17) is 25.7 Å². The minimum atomic E-state index is -0.480. The Morgan fingerprint density at radius 1 is 0.712 bits per heavy atom. The molecule has 2 saturated heterocycles. The molecule has 1 amide bonds. The number of pyridine rings is 4. The van der Waals surface area contributed by atoms with Crippen molar-refractivity contribution in [1.29, 1.82) is 0 Å². The molecular formula is C43H50N10O4S2. The molecule has 6 aromatic heterocycles.